The fraction of sp³-hybridized carbons (Fsp3) is 0.500. The summed E-state index contributed by atoms with van der Waals surface area (Å²) in [5.74, 6) is -0.228. The van der Waals surface area contributed by atoms with E-state index in [0.717, 1.165) is 18.2 Å². The minimum atomic E-state index is -0.542. The molecule has 5 heteroatoms. The molecule has 1 aliphatic heterocycles. The largest absolute Gasteiger partial charge is 0.491 e. The summed E-state index contributed by atoms with van der Waals surface area (Å²) in [7, 11) is 0. The van der Waals surface area contributed by atoms with Crippen LogP contribution in [0.2, 0.25) is 0 Å². The van der Waals surface area contributed by atoms with E-state index in [4.69, 9.17) is 14.7 Å². The van der Waals surface area contributed by atoms with Crippen molar-refractivity contribution in [3.63, 3.8) is 0 Å². The van der Waals surface area contributed by atoms with Crippen molar-refractivity contribution in [1.82, 2.24) is 0 Å². The van der Waals surface area contributed by atoms with Crippen LogP contribution in [0.5, 0.6) is 5.75 Å². The molecule has 0 N–H and O–H groups in total. The highest BCUT2D eigenvalue weighted by Gasteiger charge is 2.32. The van der Waals surface area contributed by atoms with Crippen molar-refractivity contribution in [2.75, 3.05) is 25.2 Å². The number of nitrogens with zero attached hydrogens (tertiary/aromatic N) is 1. The molecule has 1 aromatic carbocycles. The monoisotopic (exact) mass is 327 g/mol. The summed E-state index contributed by atoms with van der Waals surface area (Å²) in [5, 5.41) is 9.76. The molecule has 0 unspecified atom stereocenters. The van der Waals surface area contributed by atoms with Gasteiger partial charge in [0.15, 0.2) is 0 Å². The maximum atomic E-state index is 13.5. The average Bonchev–Trinajstić information content (AvgIpc) is 2.46. The second kappa shape index (κ2) is 6.36. The Kier molecular flexibility index (Phi) is 4.78. The molecule has 0 aliphatic carbocycles. The first-order chi connectivity index (χ1) is 9.21. The van der Waals surface area contributed by atoms with E-state index in [-0.39, 0.29) is 11.0 Å². The molecule has 0 amide bonds. The first kappa shape index (κ1) is 14.3. The fourth-order valence-corrected chi connectivity index (χ4v) is 2.81. The van der Waals surface area contributed by atoms with Crippen LogP contribution in [0.1, 0.15) is 18.4 Å². The molecule has 1 aromatic rings. The smallest absolute Gasteiger partial charge is 0.144 e. The van der Waals surface area contributed by atoms with Gasteiger partial charge in [0.25, 0.3) is 0 Å². The van der Waals surface area contributed by atoms with Crippen molar-refractivity contribution in [2.45, 2.75) is 12.8 Å². The molecule has 0 atom stereocenters. The third-order valence-corrected chi connectivity index (χ3v) is 4.65. The summed E-state index contributed by atoms with van der Waals surface area (Å²) in [6.07, 6.45) is 1.80. The van der Waals surface area contributed by atoms with Crippen LogP contribution in [0, 0.1) is 22.6 Å². The van der Waals surface area contributed by atoms with Crippen LogP contribution in [-0.4, -0.2) is 25.2 Å². The van der Waals surface area contributed by atoms with Gasteiger partial charge in [0.2, 0.25) is 0 Å². The molecule has 0 radical (unpaired) electrons. The van der Waals surface area contributed by atoms with E-state index in [0.29, 0.717) is 25.6 Å². The number of halogens is 2. The Morgan fingerprint density at radius 3 is 2.79 bits per heavy atom. The molecule has 19 heavy (non-hydrogen) atoms. The van der Waals surface area contributed by atoms with E-state index in [2.05, 4.69) is 15.9 Å². The molecule has 0 saturated carbocycles. The lowest BCUT2D eigenvalue weighted by molar-refractivity contribution is 0.00344. The standard InChI is InChI=1S/C14H15BrFNO2/c15-9-14(4-6-18-7-5-14)10-19-13-3-1-2-12(16)11(13)8-17/h1-3H,4-7,9-10H2. The quantitative estimate of drug-likeness (QED) is 0.797. The first-order valence-electron chi connectivity index (χ1n) is 6.16. The second-order valence-corrected chi connectivity index (χ2v) is 5.32. The average molecular weight is 328 g/mol. The van der Waals surface area contributed by atoms with Gasteiger partial charge in [-0.05, 0) is 25.0 Å². The lowest BCUT2D eigenvalue weighted by Gasteiger charge is -2.35. The van der Waals surface area contributed by atoms with Crippen LogP contribution >= 0.6 is 15.9 Å². The number of benzene rings is 1. The van der Waals surface area contributed by atoms with Crippen LogP contribution in [0.25, 0.3) is 0 Å². The van der Waals surface area contributed by atoms with E-state index >= 15 is 0 Å². The maximum Gasteiger partial charge on any atom is 0.144 e. The topological polar surface area (TPSA) is 42.2 Å². The van der Waals surface area contributed by atoms with Crippen LogP contribution in [0.3, 0.4) is 0 Å². The molecule has 0 spiro atoms. The Bertz CT molecular complexity index is 481. The summed E-state index contributed by atoms with van der Waals surface area (Å²) < 4.78 is 24.5. The van der Waals surface area contributed by atoms with Gasteiger partial charge >= 0.3 is 0 Å². The van der Waals surface area contributed by atoms with E-state index in [1.165, 1.54) is 6.07 Å². The second-order valence-electron chi connectivity index (χ2n) is 4.76. The molecule has 1 saturated heterocycles. The van der Waals surface area contributed by atoms with Gasteiger partial charge in [0, 0.05) is 24.0 Å². The van der Waals surface area contributed by atoms with E-state index < -0.39 is 5.82 Å². The van der Waals surface area contributed by atoms with Crippen molar-refractivity contribution in [3.8, 4) is 11.8 Å². The molecular weight excluding hydrogens is 313 g/mol. The van der Waals surface area contributed by atoms with Gasteiger partial charge < -0.3 is 9.47 Å². The molecule has 1 aliphatic rings. The zero-order valence-corrected chi connectivity index (χ0v) is 12.1. The number of hydrogen-bond acceptors (Lipinski definition) is 3. The van der Waals surface area contributed by atoms with E-state index in [1.807, 2.05) is 6.07 Å². The highest BCUT2D eigenvalue weighted by molar-refractivity contribution is 9.09. The SMILES string of the molecule is N#Cc1c(F)cccc1OCC1(CBr)CCOCC1. The predicted octanol–water partition coefficient (Wildman–Crippen LogP) is 3.27. The summed E-state index contributed by atoms with van der Waals surface area (Å²) in [4.78, 5) is 0. The Hall–Kier alpha value is -1.12. The summed E-state index contributed by atoms with van der Waals surface area (Å²) >= 11 is 3.52. The van der Waals surface area contributed by atoms with Gasteiger partial charge in [0.05, 0.1) is 6.61 Å². The number of ether oxygens (including phenoxy) is 2. The fourth-order valence-electron chi connectivity index (χ4n) is 2.08. The lowest BCUT2D eigenvalue weighted by atomic mass is 9.83. The van der Waals surface area contributed by atoms with Crippen LogP contribution in [0.15, 0.2) is 18.2 Å². The van der Waals surface area contributed by atoms with Crippen molar-refractivity contribution >= 4 is 15.9 Å². The van der Waals surface area contributed by atoms with Gasteiger partial charge in [-0.3, -0.25) is 0 Å². The lowest BCUT2D eigenvalue weighted by Crippen LogP contribution is -2.36. The minimum absolute atomic E-state index is 0.00269. The Labute approximate surface area is 120 Å². The third-order valence-electron chi connectivity index (χ3n) is 3.46. The van der Waals surface area contributed by atoms with Crippen molar-refractivity contribution < 1.29 is 13.9 Å². The summed E-state index contributed by atoms with van der Waals surface area (Å²) in [6, 6.07) is 6.29. The molecule has 1 fully saturated rings. The highest BCUT2D eigenvalue weighted by atomic mass is 79.9. The molecule has 0 aromatic heterocycles. The Morgan fingerprint density at radius 1 is 1.42 bits per heavy atom. The normalized spacial score (nSPS) is 17.7. The van der Waals surface area contributed by atoms with E-state index in [9.17, 15) is 4.39 Å². The Morgan fingerprint density at radius 2 is 2.16 bits per heavy atom. The third kappa shape index (κ3) is 3.26. The van der Waals surface area contributed by atoms with Crippen LogP contribution in [0.4, 0.5) is 4.39 Å². The summed E-state index contributed by atoms with van der Waals surface area (Å²) in [6.45, 7) is 1.88. The van der Waals surface area contributed by atoms with Gasteiger partial charge in [-0.15, -0.1) is 0 Å². The highest BCUT2D eigenvalue weighted by Crippen LogP contribution is 2.34. The zero-order valence-electron chi connectivity index (χ0n) is 10.5. The predicted molar refractivity (Wildman–Crippen MR) is 72.9 cm³/mol. The first-order valence-corrected chi connectivity index (χ1v) is 7.28. The molecule has 2 rings (SSSR count). The molecular formula is C14H15BrFNO2. The number of alkyl halides is 1. The van der Waals surface area contributed by atoms with Gasteiger partial charge in [-0.25, -0.2) is 4.39 Å². The molecule has 0 bridgehead atoms. The number of hydrogen-bond donors (Lipinski definition) is 0. The van der Waals surface area contributed by atoms with E-state index in [1.54, 1.807) is 12.1 Å². The molecule has 102 valence electrons. The summed E-state index contributed by atoms with van der Waals surface area (Å²) in [5.41, 5.74) is -0.0311. The number of rotatable bonds is 4. The van der Waals surface area contributed by atoms with Gasteiger partial charge in [-0.2, -0.15) is 5.26 Å². The molecule has 1 heterocycles. The minimum Gasteiger partial charge on any atom is -0.491 e. The van der Waals surface area contributed by atoms with Gasteiger partial charge in [-0.1, -0.05) is 22.0 Å². The van der Waals surface area contributed by atoms with Crippen LogP contribution in [-0.2, 0) is 4.74 Å². The zero-order chi connectivity index (χ0) is 13.7. The van der Waals surface area contributed by atoms with Crippen molar-refractivity contribution in [3.05, 3.63) is 29.6 Å². The Balaban J connectivity index is 2.10. The van der Waals surface area contributed by atoms with Gasteiger partial charge in [0.1, 0.15) is 23.2 Å². The van der Waals surface area contributed by atoms with Crippen LogP contribution < -0.4 is 4.74 Å². The molecule has 3 nitrogen and oxygen atoms in total. The van der Waals surface area contributed by atoms with Crippen molar-refractivity contribution in [2.24, 2.45) is 5.41 Å². The van der Waals surface area contributed by atoms with Crippen molar-refractivity contribution in [1.29, 1.82) is 5.26 Å². The maximum absolute atomic E-state index is 13.5. The number of nitriles is 1.